The summed E-state index contributed by atoms with van der Waals surface area (Å²) in [6.07, 6.45) is 4.25. The second-order valence-electron chi connectivity index (χ2n) is 8.57. The van der Waals surface area contributed by atoms with Gasteiger partial charge in [-0.25, -0.2) is 0 Å². The first kappa shape index (κ1) is 29.4. The zero-order chi connectivity index (χ0) is 23.4. The van der Waals surface area contributed by atoms with Crippen LogP contribution in [0.3, 0.4) is 0 Å². The number of amides is 2. The second-order valence-corrected chi connectivity index (χ2v) is 8.57. The van der Waals surface area contributed by atoms with Gasteiger partial charge in [-0.15, -0.1) is 0 Å². The highest BCUT2D eigenvalue weighted by Gasteiger charge is 2.40. The van der Waals surface area contributed by atoms with Crippen LogP contribution >= 0.6 is 0 Å². The van der Waals surface area contributed by atoms with Gasteiger partial charge in [0.1, 0.15) is 11.8 Å². The van der Waals surface area contributed by atoms with Gasteiger partial charge in [-0.2, -0.15) is 0 Å². The van der Waals surface area contributed by atoms with Crippen LogP contribution in [0.2, 0.25) is 0 Å². The van der Waals surface area contributed by atoms with Crippen molar-refractivity contribution in [3.63, 3.8) is 0 Å². The number of rotatable bonds is 9. The fourth-order valence-corrected chi connectivity index (χ4v) is 2.66. The van der Waals surface area contributed by atoms with Crippen LogP contribution in [0.1, 0.15) is 74.7 Å². The smallest absolute Gasteiger partial charge is 0.245 e. The molecule has 0 spiro atoms. The molecule has 0 heterocycles. The predicted molar refractivity (Wildman–Crippen MR) is 123 cm³/mol. The second kappa shape index (κ2) is 13.4. The zero-order valence-electron chi connectivity index (χ0n) is 20.4. The molecule has 1 unspecified atom stereocenters. The number of carbonyl (C=O) groups excluding carboxylic acids is 2. The lowest BCUT2D eigenvalue weighted by molar-refractivity contribution is -0.140. The van der Waals surface area contributed by atoms with E-state index < -0.39 is 17.0 Å². The Bertz CT molecular complexity index is 550. The molecule has 0 aromatic rings. The van der Waals surface area contributed by atoms with Crippen molar-refractivity contribution >= 4 is 11.8 Å². The molecule has 0 saturated heterocycles. The number of aliphatic hydroxyl groups is 1. The summed E-state index contributed by atoms with van der Waals surface area (Å²) < 4.78 is 0. The van der Waals surface area contributed by atoms with Crippen molar-refractivity contribution in [1.82, 2.24) is 15.5 Å². The molecule has 0 aliphatic heterocycles. The molecule has 0 aliphatic carbocycles. The van der Waals surface area contributed by atoms with Crippen molar-refractivity contribution in [3.8, 4) is 0 Å². The van der Waals surface area contributed by atoms with Gasteiger partial charge in [-0.05, 0) is 37.8 Å². The van der Waals surface area contributed by atoms with E-state index in [1.165, 1.54) is 6.42 Å². The number of nitrogens with zero attached hydrogens (tertiary/aromatic N) is 1. The molecule has 0 aromatic heterocycles. The van der Waals surface area contributed by atoms with Crippen molar-refractivity contribution in [2.75, 3.05) is 20.6 Å². The highest BCUT2D eigenvalue weighted by Crippen LogP contribution is 2.23. The third kappa shape index (κ3) is 9.48. The van der Waals surface area contributed by atoms with E-state index in [0.717, 1.165) is 0 Å². The molecule has 0 fully saturated rings. The van der Waals surface area contributed by atoms with Crippen LogP contribution in [-0.2, 0) is 9.59 Å². The number of hydrogen-bond acceptors (Lipinski definition) is 4. The van der Waals surface area contributed by atoms with Crippen LogP contribution < -0.4 is 10.6 Å². The molecule has 6 nitrogen and oxygen atoms in total. The summed E-state index contributed by atoms with van der Waals surface area (Å²) in [5, 5.41) is 15.4. The van der Waals surface area contributed by atoms with Crippen molar-refractivity contribution in [3.05, 3.63) is 24.0 Å². The van der Waals surface area contributed by atoms with E-state index in [9.17, 15) is 14.7 Å². The Morgan fingerprint density at radius 3 is 1.90 bits per heavy atom. The van der Waals surface area contributed by atoms with Gasteiger partial charge in [0, 0.05) is 13.6 Å². The summed E-state index contributed by atoms with van der Waals surface area (Å²) in [6, 6.07) is -0.656. The molecular weight excluding hydrogens is 366 g/mol. The van der Waals surface area contributed by atoms with Gasteiger partial charge in [0.15, 0.2) is 0 Å². The summed E-state index contributed by atoms with van der Waals surface area (Å²) in [4.78, 5) is 27.4. The average Bonchev–Trinajstić information content (AvgIpc) is 2.64. The molecule has 0 rings (SSSR count). The van der Waals surface area contributed by atoms with Gasteiger partial charge in [0.2, 0.25) is 11.8 Å². The number of hydrogen-bond donors (Lipinski definition) is 3. The Hall–Kier alpha value is -1.82. The molecule has 2 amide bonds. The van der Waals surface area contributed by atoms with Gasteiger partial charge in [0.25, 0.3) is 0 Å². The van der Waals surface area contributed by atoms with E-state index >= 15 is 0 Å². The zero-order valence-corrected chi connectivity index (χ0v) is 20.4. The minimum atomic E-state index is -0.687. The van der Waals surface area contributed by atoms with Crippen molar-refractivity contribution in [1.29, 1.82) is 0 Å². The summed E-state index contributed by atoms with van der Waals surface area (Å²) >= 11 is 0. The molecule has 29 heavy (non-hydrogen) atoms. The lowest BCUT2D eigenvalue weighted by Crippen LogP contribution is -2.62. The number of carbonyl (C=O) groups is 2. The molecule has 1 atom stereocenters. The number of likely N-dealkylation sites (N-methyl/N-ethyl adjacent to an activating group) is 2. The largest absolute Gasteiger partial charge is 0.508 e. The maximum absolute atomic E-state index is 13.0. The molecule has 0 aromatic carbocycles. The topological polar surface area (TPSA) is 81.7 Å². The highest BCUT2D eigenvalue weighted by atomic mass is 16.3. The van der Waals surface area contributed by atoms with Crippen LogP contribution in [0.15, 0.2) is 24.0 Å². The normalized spacial score (nSPS) is 13.1. The van der Waals surface area contributed by atoms with E-state index in [2.05, 4.69) is 31.1 Å². The van der Waals surface area contributed by atoms with E-state index in [4.69, 9.17) is 0 Å². The lowest BCUT2D eigenvalue weighted by atomic mass is 9.84. The number of aliphatic hydroxyl groups excluding tert-OH is 1. The predicted octanol–water partition coefficient (Wildman–Crippen LogP) is 4.19. The highest BCUT2D eigenvalue weighted by molar-refractivity contribution is 5.92. The Morgan fingerprint density at radius 1 is 1.14 bits per heavy atom. The van der Waals surface area contributed by atoms with E-state index in [0.29, 0.717) is 25.0 Å². The van der Waals surface area contributed by atoms with Gasteiger partial charge in [-0.1, -0.05) is 67.5 Å². The Balaban J connectivity index is 0. The SMILES string of the molecule is C=C(O)/C(C)=C/CN(C)C(=O)C(NC(=O)C(CC)(CC)NC)C(C)(C)C.CCC. The number of nitrogens with one attached hydrogen (secondary N) is 2. The summed E-state index contributed by atoms with van der Waals surface area (Å²) in [6.45, 7) is 19.5. The Kier molecular flexibility index (Phi) is 13.6. The van der Waals surface area contributed by atoms with Crippen LogP contribution in [0.4, 0.5) is 0 Å². The fraction of sp³-hybridized carbons (Fsp3) is 0.739. The summed E-state index contributed by atoms with van der Waals surface area (Å²) in [5.41, 5.74) is -0.512. The minimum absolute atomic E-state index is 0.0174. The molecule has 6 heteroatoms. The Labute approximate surface area is 178 Å². The lowest BCUT2D eigenvalue weighted by Gasteiger charge is -2.37. The molecule has 0 saturated carbocycles. The molecule has 170 valence electrons. The van der Waals surface area contributed by atoms with E-state index in [-0.39, 0.29) is 17.6 Å². The quantitative estimate of drug-likeness (QED) is 0.392. The monoisotopic (exact) mass is 411 g/mol. The Morgan fingerprint density at radius 2 is 1.59 bits per heavy atom. The summed E-state index contributed by atoms with van der Waals surface area (Å²) in [5.74, 6) is -0.353. The molecule has 3 N–H and O–H groups in total. The maximum atomic E-state index is 13.0. The van der Waals surface area contributed by atoms with Gasteiger partial charge in [-0.3, -0.25) is 9.59 Å². The first-order valence-electron chi connectivity index (χ1n) is 10.6. The number of allylic oxidation sites excluding steroid dienone is 1. The van der Waals surface area contributed by atoms with Gasteiger partial charge >= 0.3 is 0 Å². The van der Waals surface area contributed by atoms with Gasteiger partial charge in [0.05, 0.1) is 5.54 Å². The summed E-state index contributed by atoms with van der Waals surface area (Å²) in [7, 11) is 3.45. The standard InChI is InChI=1S/C20H37N3O3.C3H8/c1-10-20(11-2,21-8)18(26)22-16(19(5,6)7)17(25)23(9)13-12-14(3)15(4)24;1-3-2/h12,16,21,24H,4,10-11,13H2,1-3,5-9H3,(H,22,26);3H2,1-2H3/b14-12+;. The molecule has 0 bridgehead atoms. The molecule has 0 aliphatic rings. The minimum Gasteiger partial charge on any atom is -0.508 e. The van der Waals surface area contributed by atoms with Crippen molar-refractivity contribution in [2.45, 2.75) is 86.2 Å². The maximum Gasteiger partial charge on any atom is 0.245 e. The fourth-order valence-electron chi connectivity index (χ4n) is 2.66. The molecule has 0 radical (unpaired) electrons. The van der Waals surface area contributed by atoms with E-state index in [1.54, 1.807) is 32.0 Å². The van der Waals surface area contributed by atoms with Crippen molar-refractivity contribution < 1.29 is 14.7 Å². The van der Waals surface area contributed by atoms with Crippen molar-refractivity contribution in [2.24, 2.45) is 5.41 Å². The molecular formula is C23H45N3O3. The van der Waals surface area contributed by atoms with Crippen LogP contribution in [0, 0.1) is 5.41 Å². The first-order valence-corrected chi connectivity index (χ1v) is 10.6. The third-order valence-corrected chi connectivity index (χ3v) is 5.01. The average molecular weight is 412 g/mol. The van der Waals surface area contributed by atoms with Crippen LogP contribution in [0.25, 0.3) is 0 Å². The van der Waals surface area contributed by atoms with Crippen LogP contribution in [-0.4, -0.2) is 54.0 Å². The van der Waals surface area contributed by atoms with E-state index in [1.807, 2.05) is 34.6 Å². The van der Waals surface area contributed by atoms with Crippen LogP contribution in [0.5, 0.6) is 0 Å². The third-order valence-electron chi connectivity index (χ3n) is 5.01. The van der Waals surface area contributed by atoms with Gasteiger partial charge < -0.3 is 20.6 Å². The first-order chi connectivity index (χ1) is 13.3.